The summed E-state index contributed by atoms with van der Waals surface area (Å²) in [4.78, 5) is 37.6. The van der Waals surface area contributed by atoms with Gasteiger partial charge in [-0.1, -0.05) is 12.1 Å². The van der Waals surface area contributed by atoms with E-state index in [1.165, 1.54) is 25.1 Å². The van der Waals surface area contributed by atoms with E-state index in [4.69, 9.17) is 11.5 Å². The molecule has 3 aliphatic carbocycles. The van der Waals surface area contributed by atoms with Crippen LogP contribution >= 0.6 is 0 Å². The quantitative estimate of drug-likeness (QED) is 0.281. The van der Waals surface area contributed by atoms with Gasteiger partial charge in [-0.25, -0.2) is 0 Å². The number of nitrogens with two attached hydrogens (primary N) is 2. The average molecular weight is 416 g/mol. The summed E-state index contributed by atoms with van der Waals surface area (Å²) in [5.74, 6) is -8.49. The van der Waals surface area contributed by atoms with Crippen molar-refractivity contribution >= 4 is 23.2 Å². The van der Waals surface area contributed by atoms with Crippen molar-refractivity contribution in [3.8, 4) is 5.75 Å². The van der Waals surface area contributed by atoms with Gasteiger partial charge in [0, 0.05) is 17.4 Å². The van der Waals surface area contributed by atoms with Crippen molar-refractivity contribution < 1.29 is 39.9 Å². The van der Waals surface area contributed by atoms with E-state index >= 15 is 0 Å². The number of aliphatic hydroxyl groups is 4. The number of rotatable bonds is 1. The summed E-state index contributed by atoms with van der Waals surface area (Å²) in [5, 5.41) is 54.0. The predicted molar refractivity (Wildman–Crippen MR) is 101 cm³/mol. The third kappa shape index (κ3) is 2.15. The van der Waals surface area contributed by atoms with E-state index in [2.05, 4.69) is 0 Å². The third-order valence-electron chi connectivity index (χ3n) is 6.55. The van der Waals surface area contributed by atoms with Crippen molar-refractivity contribution in [2.75, 3.05) is 0 Å². The Bertz CT molecular complexity index is 1100. The van der Waals surface area contributed by atoms with Gasteiger partial charge in [-0.3, -0.25) is 14.4 Å². The fourth-order valence-electron chi connectivity index (χ4n) is 4.97. The molecule has 5 atom stereocenters. The molecule has 30 heavy (non-hydrogen) atoms. The molecule has 0 spiro atoms. The van der Waals surface area contributed by atoms with Crippen molar-refractivity contribution in [1.82, 2.24) is 0 Å². The minimum absolute atomic E-state index is 0.139. The molecule has 0 aliphatic heterocycles. The first-order valence-electron chi connectivity index (χ1n) is 9.15. The fourth-order valence-corrected chi connectivity index (χ4v) is 4.97. The standard InChI is InChI=1S/C20H20N2O8/c1-19(29)6-3-2-4-9(23)10(6)14(24)11-7(19)5-8-13(21)15(25)12(18(22)28)17(27)20(8,30)16(11)26/h2-4,7-8,13,23-24,27,29-30H,5,21H2,1H3,(H2,22,28). The molecule has 1 saturated carbocycles. The van der Waals surface area contributed by atoms with Crippen LogP contribution < -0.4 is 11.5 Å². The second-order valence-corrected chi connectivity index (χ2v) is 8.08. The van der Waals surface area contributed by atoms with Crippen LogP contribution in [0.5, 0.6) is 5.75 Å². The zero-order valence-electron chi connectivity index (χ0n) is 15.8. The Morgan fingerprint density at radius 1 is 1.17 bits per heavy atom. The van der Waals surface area contributed by atoms with E-state index in [1.54, 1.807) is 0 Å². The maximum atomic E-state index is 13.4. The summed E-state index contributed by atoms with van der Waals surface area (Å²) in [6, 6.07) is 2.59. The fraction of sp³-hybridized carbons (Fsp3) is 0.350. The number of fused-ring (bicyclic) bond motifs is 3. The molecule has 10 heteroatoms. The molecule has 1 aromatic carbocycles. The minimum atomic E-state index is -2.81. The van der Waals surface area contributed by atoms with Gasteiger partial charge in [-0.15, -0.1) is 0 Å². The van der Waals surface area contributed by atoms with Crippen LogP contribution in [0.4, 0.5) is 0 Å². The van der Waals surface area contributed by atoms with Crippen molar-refractivity contribution in [2.24, 2.45) is 23.3 Å². The number of hydrogen-bond donors (Lipinski definition) is 7. The molecule has 10 nitrogen and oxygen atoms in total. The van der Waals surface area contributed by atoms with Gasteiger partial charge in [0.1, 0.15) is 22.8 Å². The summed E-state index contributed by atoms with van der Waals surface area (Å²) < 4.78 is 0. The van der Waals surface area contributed by atoms with E-state index in [0.717, 1.165) is 0 Å². The predicted octanol–water partition coefficient (Wildman–Crippen LogP) is -0.974. The number of benzene rings is 1. The lowest BCUT2D eigenvalue weighted by Crippen LogP contribution is -2.66. The molecule has 1 fully saturated rings. The average Bonchev–Trinajstić information content (AvgIpc) is 2.66. The summed E-state index contributed by atoms with van der Waals surface area (Å²) in [6.07, 6.45) is -0.285. The van der Waals surface area contributed by atoms with Crippen molar-refractivity contribution in [3.63, 3.8) is 0 Å². The number of hydrogen-bond acceptors (Lipinski definition) is 9. The highest BCUT2D eigenvalue weighted by Gasteiger charge is 2.65. The van der Waals surface area contributed by atoms with Crippen LogP contribution in [0.3, 0.4) is 0 Å². The number of aromatic hydroxyl groups is 1. The van der Waals surface area contributed by atoms with Crippen LogP contribution in [0.1, 0.15) is 24.5 Å². The summed E-state index contributed by atoms with van der Waals surface area (Å²) >= 11 is 0. The SMILES string of the molecule is CC1(O)c2cccc(O)c2C(O)=C2C(=O)C3(O)C(O)=C(C(N)=O)C(=O)C(N)C3CC21. The maximum absolute atomic E-state index is 13.4. The second kappa shape index (κ2) is 5.91. The molecule has 9 N–H and O–H groups in total. The number of amides is 1. The highest BCUT2D eigenvalue weighted by Crippen LogP contribution is 2.56. The number of phenols is 1. The number of primary amides is 1. The zero-order chi connectivity index (χ0) is 22.3. The van der Waals surface area contributed by atoms with Crippen LogP contribution in [0.15, 0.2) is 35.1 Å². The maximum Gasteiger partial charge on any atom is 0.255 e. The van der Waals surface area contributed by atoms with Gasteiger partial charge in [-0.2, -0.15) is 0 Å². The Morgan fingerprint density at radius 2 is 1.80 bits per heavy atom. The Morgan fingerprint density at radius 3 is 2.40 bits per heavy atom. The highest BCUT2D eigenvalue weighted by molar-refractivity contribution is 6.24. The molecule has 0 saturated heterocycles. The highest BCUT2D eigenvalue weighted by atomic mass is 16.3. The molecule has 1 aromatic rings. The number of Topliss-reactive ketones (excluding diaryl/α,β-unsaturated/α-hetero) is 2. The van der Waals surface area contributed by atoms with Gasteiger partial charge in [-0.05, 0) is 25.0 Å². The second-order valence-electron chi connectivity index (χ2n) is 8.08. The largest absolute Gasteiger partial charge is 0.508 e. The van der Waals surface area contributed by atoms with Gasteiger partial charge in [0.2, 0.25) is 5.78 Å². The van der Waals surface area contributed by atoms with Gasteiger partial charge < -0.3 is 37.0 Å². The normalized spacial score (nSPS) is 35.7. The smallest absolute Gasteiger partial charge is 0.255 e. The van der Waals surface area contributed by atoms with E-state index < -0.39 is 75.0 Å². The van der Waals surface area contributed by atoms with E-state index in [1.807, 2.05) is 0 Å². The molecule has 158 valence electrons. The lowest BCUT2D eigenvalue weighted by atomic mass is 9.55. The van der Waals surface area contributed by atoms with E-state index in [-0.39, 0.29) is 17.5 Å². The number of aliphatic hydroxyl groups excluding tert-OH is 2. The van der Waals surface area contributed by atoms with Crippen LogP contribution in [0.25, 0.3) is 5.76 Å². The first-order chi connectivity index (χ1) is 13.9. The van der Waals surface area contributed by atoms with Crippen LogP contribution in [-0.4, -0.2) is 54.6 Å². The van der Waals surface area contributed by atoms with Crippen LogP contribution in [0, 0.1) is 11.8 Å². The zero-order valence-corrected chi connectivity index (χ0v) is 15.8. The first kappa shape index (κ1) is 20.1. The number of carbonyl (C=O) groups is 3. The molecule has 4 rings (SSSR count). The molecule has 5 unspecified atom stereocenters. The Balaban J connectivity index is 2.04. The topological polar surface area (TPSA) is 204 Å². The van der Waals surface area contributed by atoms with Gasteiger partial charge in [0.15, 0.2) is 11.4 Å². The van der Waals surface area contributed by atoms with Crippen LogP contribution in [0.2, 0.25) is 0 Å². The molecular formula is C20H20N2O8. The van der Waals surface area contributed by atoms with Crippen LogP contribution in [-0.2, 0) is 20.0 Å². The number of carbonyl (C=O) groups excluding carboxylic acids is 3. The summed E-state index contributed by atoms with van der Waals surface area (Å²) in [5.41, 5.74) is 4.95. The van der Waals surface area contributed by atoms with Crippen molar-refractivity contribution in [2.45, 2.75) is 30.6 Å². The monoisotopic (exact) mass is 416 g/mol. The molecule has 0 bridgehead atoms. The van der Waals surface area contributed by atoms with Gasteiger partial charge in [0.05, 0.1) is 17.2 Å². The molecule has 0 aromatic heterocycles. The molecule has 1 amide bonds. The Kier molecular flexibility index (Phi) is 3.95. The molecule has 0 radical (unpaired) electrons. The van der Waals surface area contributed by atoms with E-state index in [0.29, 0.717) is 0 Å². The molecule has 3 aliphatic rings. The van der Waals surface area contributed by atoms with E-state index in [9.17, 15) is 39.9 Å². The number of ketones is 2. The lowest BCUT2D eigenvalue weighted by Gasteiger charge is -2.51. The Labute approximate surface area is 169 Å². The Hall–Kier alpha value is -3.21. The first-order valence-corrected chi connectivity index (χ1v) is 9.15. The molecular weight excluding hydrogens is 396 g/mol. The lowest BCUT2D eigenvalue weighted by molar-refractivity contribution is -0.154. The van der Waals surface area contributed by atoms with Gasteiger partial charge >= 0.3 is 0 Å². The number of phenolic OH excluding ortho intramolecular Hbond substituents is 1. The summed E-state index contributed by atoms with van der Waals surface area (Å²) in [6.45, 7) is 1.36. The minimum Gasteiger partial charge on any atom is -0.508 e. The van der Waals surface area contributed by atoms with Gasteiger partial charge in [0.25, 0.3) is 5.91 Å². The summed E-state index contributed by atoms with van der Waals surface area (Å²) in [7, 11) is 0. The van der Waals surface area contributed by atoms with Crippen molar-refractivity contribution in [1.29, 1.82) is 0 Å². The van der Waals surface area contributed by atoms with Crippen molar-refractivity contribution in [3.05, 3.63) is 46.2 Å². The third-order valence-corrected chi connectivity index (χ3v) is 6.55. The molecule has 0 heterocycles.